The molecule has 2 rings (SSSR count). The summed E-state index contributed by atoms with van der Waals surface area (Å²) >= 11 is 15.4. The molecule has 3 nitrogen and oxygen atoms in total. The highest BCUT2D eigenvalue weighted by molar-refractivity contribution is 9.10. The topological polar surface area (TPSA) is 37.4 Å². The van der Waals surface area contributed by atoms with Gasteiger partial charge in [-0.15, -0.1) is 0 Å². The normalized spacial score (nSPS) is 15.8. The van der Waals surface area contributed by atoms with E-state index in [4.69, 9.17) is 23.2 Å². The van der Waals surface area contributed by atoms with Crippen molar-refractivity contribution in [3.05, 3.63) is 26.7 Å². The maximum Gasteiger partial charge on any atom is 0.246 e. The SMILES string of the molecule is CCCN(CC1CC1)S(=O)(=O)c1c(Cl)cc(Br)cc1Cl. The Morgan fingerprint density at radius 2 is 1.85 bits per heavy atom. The minimum absolute atomic E-state index is 0.0122. The van der Waals surface area contributed by atoms with Crippen molar-refractivity contribution in [1.29, 1.82) is 0 Å². The Labute approximate surface area is 138 Å². The molecule has 0 unspecified atom stereocenters. The number of benzene rings is 1. The maximum absolute atomic E-state index is 12.8. The van der Waals surface area contributed by atoms with E-state index in [0.717, 1.165) is 19.3 Å². The van der Waals surface area contributed by atoms with E-state index in [1.165, 1.54) is 4.31 Å². The molecule has 1 aromatic carbocycles. The van der Waals surface area contributed by atoms with Gasteiger partial charge in [0.05, 0.1) is 10.0 Å². The van der Waals surface area contributed by atoms with Crippen molar-refractivity contribution < 1.29 is 8.42 Å². The lowest BCUT2D eigenvalue weighted by Gasteiger charge is -2.22. The predicted octanol–water partition coefficient (Wildman–Crippen LogP) is 4.57. The zero-order valence-electron chi connectivity index (χ0n) is 11.1. The lowest BCUT2D eigenvalue weighted by molar-refractivity contribution is 0.396. The second-order valence-corrected chi connectivity index (χ2v) is 8.61. The number of hydrogen-bond acceptors (Lipinski definition) is 2. The second kappa shape index (κ2) is 6.53. The summed E-state index contributed by atoms with van der Waals surface area (Å²) in [4.78, 5) is 0.0122. The number of sulfonamides is 1. The third-order valence-electron chi connectivity index (χ3n) is 3.19. The molecular formula is C13H16BrCl2NO2S. The number of halogens is 3. The molecule has 0 aliphatic heterocycles. The average Bonchev–Trinajstić information content (AvgIpc) is 3.10. The molecule has 1 fully saturated rings. The van der Waals surface area contributed by atoms with Crippen molar-refractivity contribution in [3.63, 3.8) is 0 Å². The highest BCUT2D eigenvalue weighted by Gasteiger charge is 2.33. The molecule has 0 spiro atoms. The summed E-state index contributed by atoms with van der Waals surface area (Å²) in [6.45, 7) is 3.00. The molecule has 0 heterocycles. The summed E-state index contributed by atoms with van der Waals surface area (Å²) in [5.74, 6) is 0.476. The largest absolute Gasteiger partial charge is 0.246 e. The van der Waals surface area contributed by atoms with E-state index in [9.17, 15) is 8.42 Å². The zero-order chi connectivity index (χ0) is 14.9. The molecule has 112 valence electrons. The van der Waals surface area contributed by atoms with Crippen LogP contribution < -0.4 is 0 Å². The Morgan fingerprint density at radius 1 is 1.30 bits per heavy atom. The van der Waals surface area contributed by atoms with Gasteiger partial charge < -0.3 is 0 Å². The molecule has 0 atom stereocenters. The van der Waals surface area contributed by atoms with Crippen LogP contribution >= 0.6 is 39.1 Å². The third kappa shape index (κ3) is 3.69. The van der Waals surface area contributed by atoms with Gasteiger partial charge in [-0.1, -0.05) is 46.1 Å². The summed E-state index contributed by atoms with van der Waals surface area (Å²) in [6, 6.07) is 3.11. The van der Waals surface area contributed by atoms with Crippen LogP contribution in [0.2, 0.25) is 10.0 Å². The van der Waals surface area contributed by atoms with Crippen molar-refractivity contribution >= 4 is 49.2 Å². The highest BCUT2D eigenvalue weighted by Crippen LogP contribution is 2.37. The van der Waals surface area contributed by atoms with Gasteiger partial charge in [-0.3, -0.25) is 0 Å². The van der Waals surface area contributed by atoms with Crippen LogP contribution in [0.25, 0.3) is 0 Å². The molecular weight excluding hydrogens is 385 g/mol. The molecule has 1 aromatic rings. The van der Waals surface area contributed by atoms with E-state index in [2.05, 4.69) is 15.9 Å². The van der Waals surface area contributed by atoms with Crippen LogP contribution in [0.4, 0.5) is 0 Å². The van der Waals surface area contributed by atoms with Crippen molar-refractivity contribution in [2.24, 2.45) is 5.92 Å². The molecule has 1 saturated carbocycles. The summed E-state index contributed by atoms with van der Waals surface area (Å²) in [6.07, 6.45) is 2.95. The quantitative estimate of drug-likeness (QED) is 0.701. The lowest BCUT2D eigenvalue weighted by atomic mass is 10.4. The molecule has 0 amide bonds. The molecule has 0 radical (unpaired) electrons. The Kier molecular flexibility index (Phi) is 5.40. The van der Waals surface area contributed by atoms with Crippen LogP contribution in [0, 0.1) is 5.92 Å². The third-order valence-corrected chi connectivity index (χ3v) is 6.44. The minimum Gasteiger partial charge on any atom is -0.207 e. The Hall–Kier alpha value is 0.190. The second-order valence-electron chi connectivity index (χ2n) is 5.00. The summed E-state index contributed by atoms with van der Waals surface area (Å²) < 4.78 is 27.7. The predicted molar refractivity (Wildman–Crippen MR) is 85.9 cm³/mol. The van der Waals surface area contributed by atoms with E-state index >= 15 is 0 Å². The van der Waals surface area contributed by atoms with Crippen LogP contribution in [0.5, 0.6) is 0 Å². The van der Waals surface area contributed by atoms with Gasteiger partial charge in [-0.25, -0.2) is 8.42 Å². The van der Waals surface area contributed by atoms with Crippen molar-refractivity contribution in [2.75, 3.05) is 13.1 Å². The smallest absolute Gasteiger partial charge is 0.207 e. The summed E-state index contributed by atoms with van der Waals surface area (Å²) in [5, 5.41) is 0.308. The highest BCUT2D eigenvalue weighted by atomic mass is 79.9. The molecule has 7 heteroatoms. The Morgan fingerprint density at radius 3 is 2.30 bits per heavy atom. The van der Waals surface area contributed by atoms with Crippen molar-refractivity contribution in [1.82, 2.24) is 4.31 Å². The van der Waals surface area contributed by atoms with Gasteiger partial charge in [0.1, 0.15) is 4.90 Å². The van der Waals surface area contributed by atoms with Gasteiger partial charge in [-0.05, 0) is 37.3 Å². The monoisotopic (exact) mass is 399 g/mol. The average molecular weight is 401 g/mol. The molecule has 0 bridgehead atoms. The first-order chi connectivity index (χ1) is 9.36. The van der Waals surface area contributed by atoms with Gasteiger partial charge in [-0.2, -0.15) is 4.31 Å². The van der Waals surface area contributed by atoms with Gasteiger partial charge in [0.15, 0.2) is 0 Å². The summed E-state index contributed by atoms with van der Waals surface area (Å²) in [5.41, 5.74) is 0. The standard InChI is InChI=1S/C13H16BrCl2NO2S/c1-2-5-17(8-9-3-4-9)20(18,19)13-11(15)6-10(14)7-12(13)16/h6-7,9H,2-5,8H2,1H3. The van der Waals surface area contributed by atoms with Gasteiger partial charge in [0.2, 0.25) is 10.0 Å². The van der Waals surface area contributed by atoms with E-state index in [-0.39, 0.29) is 14.9 Å². The zero-order valence-corrected chi connectivity index (χ0v) is 15.0. The van der Waals surface area contributed by atoms with Gasteiger partial charge in [0, 0.05) is 17.6 Å². The van der Waals surface area contributed by atoms with E-state index < -0.39 is 10.0 Å². The number of hydrogen-bond donors (Lipinski definition) is 0. The van der Waals surface area contributed by atoms with Crippen molar-refractivity contribution in [3.8, 4) is 0 Å². The first-order valence-corrected chi connectivity index (χ1v) is 9.49. The van der Waals surface area contributed by atoms with Gasteiger partial charge in [0.25, 0.3) is 0 Å². The van der Waals surface area contributed by atoms with Crippen LogP contribution in [0.15, 0.2) is 21.5 Å². The Bertz CT molecular complexity index is 579. The molecule has 1 aliphatic rings. The molecule has 0 saturated heterocycles. The Balaban J connectivity index is 2.41. The summed E-state index contributed by atoms with van der Waals surface area (Å²) in [7, 11) is -3.65. The molecule has 0 aromatic heterocycles. The van der Waals surface area contributed by atoms with Crippen LogP contribution in [0.1, 0.15) is 26.2 Å². The van der Waals surface area contributed by atoms with Crippen LogP contribution in [0.3, 0.4) is 0 Å². The fourth-order valence-corrected chi connectivity index (χ4v) is 5.54. The fraction of sp³-hybridized carbons (Fsp3) is 0.538. The van der Waals surface area contributed by atoms with E-state index in [0.29, 0.717) is 23.5 Å². The van der Waals surface area contributed by atoms with Gasteiger partial charge >= 0.3 is 0 Å². The maximum atomic E-state index is 12.8. The van der Waals surface area contributed by atoms with E-state index in [1.54, 1.807) is 12.1 Å². The minimum atomic E-state index is -3.65. The first kappa shape index (κ1) is 16.6. The van der Waals surface area contributed by atoms with Crippen molar-refractivity contribution in [2.45, 2.75) is 31.1 Å². The van der Waals surface area contributed by atoms with Crippen LogP contribution in [-0.4, -0.2) is 25.8 Å². The first-order valence-electron chi connectivity index (χ1n) is 6.51. The molecule has 1 aliphatic carbocycles. The van der Waals surface area contributed by atoms with E-state index in [1.807, 2.05) is 6.92 Å². The fourth-order valence-electron chi connectivity index (χ4n) is 2.05. The molecule has 20 heavy (non-hydrogen) atoms. The van der Waals surface area contributed by atoms with Crippen LogP contribution in [-0.2, 0) is 10.0 Å². The lowest BCUT2D eigenvalue weighted by Crippen LogP contribution is -2.34. The number of rotatable bonds is 6. The molecule has 0 N–H and O–H groups in total. The number of nitrogens with zero attached hydrogens (tertiary/aromatic N) is 1.